The first-order valence-electron chi connectivity index (χ1n) is 6.09. The Hall–Kier alpha value is -1.44. The van der Waals surface area contributed by atoms with Gasteiger partial charge in [0.25, 0.3) is 0 Å². The Kier molecular flexibility index (Phi) is 6.48. The summed E-state index contributed by atoms with van der Waals surface area (Å²) in [5.41, 5.74) is 5.01. The quantitative estimate of drug-likeness (QED) is 0.622. The van der Waals surface area contributed by atoms with Crippen LogP contribution in [0.4, 0.5) is 4.79 Å². The number of nitrogens with zero attached hydrogens (tertiary/aromatic N) is 1. The van der Waals surface area contributed by atoms with E-state index in [1.165, 1.54) is 0 Å². The van der Waals surface area contributed by atoms with Crippen molar-refractivity contribution in [2.45, 2.75) is 12.8 Å². The summed E-state index contributed by atoms with van der Waals surface area (Å²) in [5, 5.41) is 11.1. The van der Waals surface area contributed by atoms with Gasteiger partial charge >= 0.3 is 12.0 Å². The summed E-state index contributed by atoms with van der Waals surface area (Å²) >= 11 is 1.10. The maximum Gasteiger partial charge on any atom is 0.313 e. The van der Waals surface area contributed by atoms with Crippen LogP contribution in [0.25, 0.3) is 0 Å². The molecule has 3 amide bonds. The van der Waals surface area contributed by atoms with Gasteiger partial charge in [0.05, 0.1) is 11.5 Å². The summed E-state index contributed by atoms with van der Waals surface area (Å²) in [6, 6.07) is -0.555. The number of thioether (sulfide) groups is 1. The van der Waals surface area contributed by atoms with Crippen LogP contribution in [0.3, 0.4) is 0 Å². The van der Waals surface area contributed by atoms with Crippen LogP contribution in [-0.2, 0) is 9.59 Å². The molecule has 0 aliphatic carbocycles. The minimum Gasteiger partial charge on any atom is -0.481 e. The number of nitrogens with two attached hydrogens (primary N) is 1. The monoisotopic (exact) mass is 289 g/mol. The summed E-state index contributed by atoms with van der Waals surface area (Å²) < 4.78 is 0. The molecule has 4 N–H and O–H groups in total. The molecule has 1 aliphatic rings. The van der Waals surface area contributed by atoms with Crippen molar-refractivity contribution in [3.8, 4) is 0 Å². The maximum absolute atomic E-state index is 11.9. The highest BCUT2D eigenvalue weighted by atomic mass is 32.2. The number of piperidine rings is 1. The zero-order chi connectivity index (χ0) is 14.3. The van der Waals surface area contributed by atoms with Gasteiger partial charge in [0, 0.05) is 19.6 Å². The first-order valence-corrected chi connectivity index (χ1v) is 7.25. The Morgan fingerprint density at radius 2 is 2.11 bits per heavy atom. The lowest BCUT2D eigenvalue weighted by atomic mass is 9.98. The molecule has 1 saturated heterocycles. The number of nitrogens with one attached hydrogen (secondary N) is 1. The van der Waals surface area contributed by atoms with Gasteiger partial charge in [-0.3, -0.25) is 9.59 Å². The van der Waals surface area contributed by atoms with Crippen LogP contribution in [-0.4, -0.2) is 59.1 Å². The number of carbonyl (C=O) groups excluding carboxylic acids is 2. The number of carboxylic acid groups (broad SMARTS) is 1. The SMILES string of the molecule is NC(=O)NCC1CCCN(C(=O)CSCC(=O)O)C1. The fraction of sp³-hybridized carbons (Fsp3) is 0.727. The molecule has 0 aromatic heterocycles. The van der Waals surface area contributed by atoms with E-state index in [9.17, 15) is 14.4 Å². The Balaban J connectivity index is 2.30. The third kappa shape index (κ3) is 6.32. The number of carboxylic acids is 1. The second kappa shape index (κ2) is 7.88. The molecule has 8 heteroatoms. The zero-order valence-electron chi connectivity index (χ0n) is 10.6. The van der Waals surface area contributed by atoms with E-state index in [-0.39, 0.29) is 23.3 Å². The Morgan fingerprint density at radius 3 is 2.74 bits per heavy atom. The van der Waals surface area contributed by atoms with Crippen LogP contribution < -0.4 is 11.1 Å². The molecular weight excluding hydrogens is 270 g/mol. The van der Waals surface area contributed by atoms with E-state index in [1.54, 1.807) is 4.90 Å². The number of rotatable bonds is 6. The number of aliphatic carboxylic acids is 1. The lowest BCUT2D eigenvalue weighted by Gasteiger charge is -2.32. The first kappa shape index (κ1) is 15.6. The van der Waals surface area contributed by atoms with E-state index in [0.29, 0.717) is 19.6 Å². The van der Waals surface area contributed by atoms with E-state index in [2.05, 4.69) is 5.32 Å². The third-order valence-electron chi connectivity index (χ3n) is 2.89. The predicted octanol–water partition coefficient (Wildman–Crippen LogP) is -0.289. The highest BCUT2D eigenvalue weighted by molar-refractivity contribution is 8.00. The van der Waals surface area contributed by atoms with Crippen molar-refractivity contribution in [3.63, 3.8) is 0 Å². The van der Waals surface area contributed by atoms with Crippen molar-refractivity contribution >= 4 is 29.7 Å². The molecule has 0 aromatic rings. The Morgan fingerprint density at radius 1 is 1.37 bits per heavy atom. The van der Waals surface area contributed by atoms with Crippen LogP contribution in [0, 0.1) is 5.92 Å². The molecule has 0 radical (unpaired) electrons. The second-order valence-corrected chi connectivity index (χ2v) is 5.47. The van der Waals surface area contributed by atoms with Crippen molar-refractivity contribution in [1.82, 2.24) is 10.2 Å². The average Bonchev–Trinajstić information content (AvgIpc) is 2.36. The molecule has 1 atom stereocenters. The van der Waals surface area contributed by atoms with Gasteiger partial charge in [0.1, 0.15) is 0 Å². The first-order chi connectivity index (χ1) is 8.99. The Labute approximate surface area is 115 Å². The lowest BCUT2D eigenvalue weighted by molar-refractivity contribution is -0.133. The molecule has 1 heterocycles. The highest BCUT2D eigenvalue weighted by Crippen LogP contribution is 2.17. The van der Waals surface area contributed by atoms with Gasteiger partial charge < -0.3 is 21.1 Å². The second-order valence-electron chi connectivity index (χ2n) is 4.48. The molecule has 19 heavy (non-hydrogen) atoms. The van der Waals surface area contributed by atoms with Crippen LogP contribution in [0.1, 0.15) is 12.8 Å². The fourth-order valence-corrected chi connectivity index (χ4v) is 2.65. The van der Waals surface area contributed by atoms with Crippen molar-refractivity contribution in [1.29, 1.82) is 0 Å². The number of amides is 3. The van der Waals surface area contributed by atoms with Crippen LogP contribution in [0.2, 0.25) is 0 Å². The van der Waals surface area contributed by atoms with Crippen LogP contribution in [0.15, 0.2) is 0 Å². The van der Waals surface area contributed by atoms with Gasteiger partial charge in [-0.25, -0.2) is 4.79 Å². The molecule has 1 aliphatic heterocycles. The molecule has 0 bridgehead atoms. The lowest BCUT2D eigenvalue weighted by Crippen LogP contribution is -2.45. The summed E-state index contributed by atoms with van der Waals surface area (Å²) in [6.07, 6.45) is 1.84. The summed E-state index contributed by atoms with van der Waals surface area (Å²) in [7, 11) is 0. The predicted molar refractivity (Wildman–Crippen MR) is 71.9 cm³/mol. The van der Waals surface area contributed by atoms with Crippen molar-refractivity contribution < 1.29 is 19.5 Å². The third-order valence-corrected chi connectivity index (χ3v) is 3.79. The average molecular weight is 289 g/mol. The van der Waals surface area contributed by atoms with Crippen molar-refractivity contribution in [2.75, 3.05) is 31.1 Å². The molecule has 0 saturated carbocycles. The Bertz CT molecular complexity index is 351. The maximum atomic E-state index is 11.9. The number of carbonyl (C=O) groups is 3. The standard InChI is InChI=1S/C11H19N3O4S/c12-11(18)13-4-8-2-1-3-14(5-8)9(15)6-19-7-10(16)17/h8H,1-7H2,(H,16,17)(H3,12,13,18). The van der Waals surface area contributed by atoms with Gasteiger partial charge in [-0.05, 0) is 18.8 Å². The van der Waals surface area contributed by atoms with Gasteiger partial charge in [-0.1, -0.05) is 0 Å². The van der Waals surface area contributed by atoms with Crippen LogP contribution >= 0.6 is 11.8 Å². The molecule has 1 unspecified atom stereocenters. The van der Waals surface area contributed by atoms with E-state index in [1.807, 2.05) is 0 Å². The van der Waals surface area contributed by atoms with E-state index >= 15 is 0 Å². The van der Waals surface area contributed by atoms with E-state index in [4.69, 9.17) is 10.8 Å². The number of likely N-dealkylation sites (tertiary alicyclic amines) is 1. The van der Waals surface area contributed by atoms with Crippen LogP contribution in [0.5, 0.6) is 0 Å². The van der Waals surface area contributed by atoms with Gasteiger partial charge in [-0.2, -0.15) is 0 Å². The zero-order valence-corrected chi connectivity index (χ0v) is 11.4. The van der Waals surface area contributed by atoms with Gasteiger partial charge in [0.15, 0.2) is 0 Å². The minimum absolute atomic E-state index is 0.0463. The summed E-state index contributed by atoms with van der Waals surface area (Å²) in [4.78, 5) is 34.6. The molecule has 1 rings (SSSR count). The molecular formula is C11H19N3O4S. The highest BCUT2D eigenvalue weighted by Gasteiger charge is 2.23. The normalized spacial score (nSPS) is 18.9. The molecule has 0 aromatic carbocycles. The van der Waals surface area contributed by atoms with Gasteiger partial charge in [0.2, 0.25) is 5.91 Å². The minimum atomic E-state index is -0.917. The fourth-order valence-electron chi connectivity index (χ4n) is 2.02. The molecule has 7 nitrogen and oxygen atoms in total. The summed E-state index contributed by atoms with van der Waals surface area (Å²) in [5.74, 6) is -0.626. The number of primary amides is 1. The van der Waals surface area contributed by atoms with E-state index < -0.39 is 12.0 Å². The molecule has 0 spiro atoms. The molecule has 108 valence electrons. The van der Waals surface area contributed by atoms with E-state index in [0.717, 1.165) is 24.6 Å². The number of urea groups is 1. The van der Waals surface area contributed by atoms with Gasteiger partial charge in [-0.15, -0.1) is 11.8 Å². The van der Waals surface area contributed by atoms with Crippen molar-refractivity contribution in [2.24, 2.45) is 11.7 Å². The number of hydrogen-bond acceptors (Lipinski definition) is 4. The topological polar surface area (TPSA) is 113 Å². The molecule has 1 fully saturated rings. The summed E-state index contributed by atoms with van der Waals surface area (Å²) in [6.45, 7) is 1.76. The van der Waals surface area contributed by atoms with Crippen molar-refractivity contribution in [3.05, 3.63) is 0 Å². The smallest absolute Gasteiger partial charge is 0.313 e. The number of hydrogen-bond donors (Lipinski definition) is 3. The largest absolute Gasteiger partial charge is 0.481 e.